The molecular formula is C17H23ClN2O. The van der Waals surface area contributed by atoms with Gasteiger partial charge < -0.3 is 15.1 Å². The number of hydrogen-bond donors (Lipinski definition) is 2. The van der Waals surface area contributed by atoms with Crippen LogP contribution >= 0.6 is 11.6 Å². The molecule has 0 aliphatic carbocycles. The molecule has 0 bridgehead atoms. The van der Waals surface area contributed by atoms with Crippen LogP contribution in [0.1, 0.15) is 30.1 Å². The summed E-state index contributed by atoms with van der Waals surface area (Å²) in [7, 11) is 0. The van der Waals surface area contributed by atoms with Gasteiger partial charge in [0.05, 0.1) is 17.3 Å². The molecule has 0 unspecified atom stereocenters. The summed E-state index contributed by atoms with van der Waals surface area (Å²) >= 11 is 6.37. The lowest BCUT2D eigenvalue weighted by Crippen LogP contribution is -2.16. The van der Waals surface area contributed by atoms with E-state index in [4.69, 9.17) is 16.0 Å². The lowest BCUT2D eigenvalue weighted by atomic mass is 10.0. The number of nitrogens with one attached hydrogen (secondary N) is 2. The zero-order valence-electron chi connectivity index (χ0n) is 11.6. The monoisotopic (exact) mass is 306 g/mol. The van der Waals surface area contributed by atoms with Crippen LogP contribution in [-0.4, -0.2) is 13.1 Å². The second-order valence-corrected chi connectivity index (χ2v) is 5.58. The van der Waals surface area contributed by atoms with Gasteiger partial charge in [-0.3, -0.25) is 0 Å². The van der Waals surface area contributed by atoms with Crippen LogP contribution in [0.5, 0.6) is 0 Å². The van der Waals surface area contributed by atoms with Crippen molar-refractivity contribution < 1.29 is 4.42 Å². The van der Waals surface area contributed by atoms with Crippen molar-refractivity contribution in [3.05, 3.63) is 51.9 Å². The molecule has 2 aromatic rings. The molecule has 3 rings (SSSR count). The topological polar surface area (TPSA) is 37.2 Å². The van der Waals surface area contributed by atoms with Crippen molar-refractivity contribution >= 4 is 17.3 Å². The highest BCUT2D eigenvalue weighted by molar-refractivity contribution is 6.33. The third kappa shape index (κ3) is 3.60. The molecule has 1 aromatic heterocycles. The Morgan fingerprint density at radius 2 is 2.00 bits per heavy atom. The molecule has 3 nitrogen and oxygen atoms in total. The molecule has 0 spiro atoms. The zero-order chi connectivity index (χ0) is 13.9. The molecule has 0 saturated carbocycles. The maximum Gasteiger partial charge on any atom is 0.123 e. The van der Waals surface area contributed by atoms with Crippen molar-refractivity contribution in [1.82, 2.24) is 5.32 Å². The van der Waals surface area contributed by atoms with E-state index in [2.05, 4.69) is 16.7 Å². The number of anilines is 1. The Bertz CT molecular complexity index is 607. The summed E-state index contributed by atoms with van der Waals surface area (Å²) < 4.78 is 5.60. The summed E-state index contributed by atoms with van der Waals surface area (Å²) in [6.45, 7) is 4.65. The SMILES string of the molecule is C.Cc1ccc(CNc2c(Cl)ccc3c2CCNCC3)o1. The summed E-state index contributed by atoms with van der Waals surface area (Å²) in [5.41, 5.74) is 3.78. The molecule has 4 heteroatoms. The number of furan rings is 1. The van der Waals surface area contributed by atoms with E-state index in [9.17, 15) is 0 Å². The molecule has 1 aliphatic rings. The van der Waals surface area contributed by atoms with Gasteiger partial charge in [-0.25, -0.2) is 0 Å². The first-order valence-electron chi connectivity index (χ1n) is 7.04. The van der Waals surface area contributed by atoms with Gasteiger partial charge in [0.2, 0.25) is 0 Å². The van der Waals surface area contributed by atoms with E-state index in [0.29, 0.717) is 6.54 Å². The van der Waals surface area contributed by atoms with Crippen molar-refractivity contribution in [1.29, 1.82) is 0 Å². The first-order chi connectivity index (χ1) is 9.74. The quantitative estimate of drug-likeness (QED) is 0.893. The molecule has 2 heterocycles. The van der Waals surface area contributed by atoms with Crippen LogP contribution in [-0.2, 0) is 19.4 Å². The smallest absolute Gasteiger partial charge is 0.123 e. The second-order valence-electron chi connectivity index (χ2n) is 5.18. The number of rotatable bonds is 3. The van der Waals surface area contributed by atoms with E-state index in [1.165, 1.54) is 11.1 Å². The highest BCUT2D eigenvalue weighted by atomic mass is 35.5. The van der Waals surface area contributed by atoms with Gasteiger partial charge in [0, 0.05) is 0 Å². The highest BCUT2D eigenvalue weighted by Gasteiger charge is 2.14. The molecule has 114 valence electrons. The maximum atomic E-state index is 6.37. The van der Waals surface area contributed by atoms with Crippen molar-refractivity contribution in [2.24, 2.45) is 0 Å². The Morgan fingerprint density at radius 1 is 1.19 bits per heavy atom. The number of fused-ring (bicyclic) bond motifs is 1. The third-order valence-electron chi connectivity index (χ3n) is 3.72. The second kappa shape index (κ2) is 7.01. The predicted molar refractivity (Wildman–Crippen MR) is 89.2 cm³/mol. The third-order valence-corrected chi connectivity index (χ3v) is 4.03. The van der Waals surface area contributed by atoms with E-state index < -0.39 is 0 Å². The van der Waals surface area contributed by atoms with Gasteiger partial charge in [-0.1, -0.05) is 25.1 Å². The summed E-state index contributed by atoms with van der Waals surface area (Å²) in [6, 6.07) is 8.11. The Labute approximate surface area is 131 Å². The molecule has 21 heavy (non-hydrogen) atoms. The van der Waals surface area contributed by atoms with Crippen molar-refractivity contribution in [2.75, 3.05) is 18.4 Å². The number of hydrogen-bond acceptors (Lipinski definition) is 3. The first kappa shape index (κ1) is 15.9. The minimum atomic E-state index is 0. The van der Waals surface area contributed by atoms with Crippen molar-refractivity contribution in [3.63, 3.8) is 0 Å². The Hall–Kier alpha value is -1.45. The summed E-state index contributed by atoms with van der Waals surface area (Å²) in [6.07, 6.45) is 2.07. The van der Waals surface area contributed by atoms with Crippen LogP contribution in [0.15, 0.2) is 28.7 Å². The Balaban J connectivity index is 0.00000161. The van der Waals surface area contributed by atoms with Gasteiger partial charge in [0.15, 0.2) is 0 Å². The molecule has 0 radical (unpaired) electrons. The Kier molecular flexibility index (Phi) is 5.32. The van der Waals surface area contributed by atoms with Crippen LogP contribution < -0.4 is 10.6 Å². The predicted octanol–water partition coefficient (Wildman–Crippen LogP) is 4.18. The van der Waals surface area contributed by atoms with Gasteiger partial charge >= 0.3 is 0 Å². The maximum absolute atomic E-state index is 6.37. The largest absolute Gasteiger partial charge is 0.465 e. The Morgan fingerprint density at radius 3 is 2.76 bits per heavy atom. The minimum Gasteiger partial charge on any atom is -0.465 e. The van der Waals surface area contributed by atoms with Crippen molar-refractivity contribution in [3.8, 4) is 0 Å². The molecule has 2 N–H and O–H groups in total. The average molecular weight is 307 g/mol. The van der Waals surface area contributed by atoms with E-state index in [-0.39, 0.29) is 7.43 Å². The fourth-order valence-corrected chi connectivity index (χ4v) is 2.93. The molecular weight excluding hydrogens is 284 g/mol. The van der Waals surface area contributed by atoms with Gasteiger partial charge in [0.1, 0.15) is 11.5 Å². The summed E-state index contributed by atoms with van der Waals surface area (Å²) in [5, 5.41) is 7.66. The van der Waals surface area contributed by atoms with E-state index in [0.717, 1.165) is 48.2 Å². The van der Waals surface area contributed by atoms with E-state index in [1.54, 1.807) is 0 Å². The fraction of sp³-hybridized carbons (Fsp3) is 0.412. The van der Waals surface area contributed by atoms with E-state index >= 15 is 0 Å². The molecule has 0 fully saturated rings. The number of aryl methyl sites for hydroxylation is 1. The molecule has 0 saturated heterocycles. The lowest BCUT2D eigenvalue weighted by Gasteiger charge is -2.15. The zero-order valence-corrected chi connectivity index (χ0v) is 12.4. The number of benzene rings is 1. The molecule has 0 amide bonds. The molecule has 1 aliphatic heterocycles. The van der Waals surface area contributed by atoms with Crippen LogP contribution in [0, 0.1) is 6.92 Å². The molecule has 1 aromatic carbocycles. The summed E-state index contributed by atoms with van der Waals surface area (Å²) in [5.74, 6) is 1.87. The van der Waals surface area contributed by atoms with Crippen molar-refractivity contribution in [2.45, 2.75) is 33.7 Å². The van der Waals surface area contributed by atoms with Gasteiger partial charge in [-0.2, -0.15) is 0 Å². The van der Waals surface area contributed by atoms with Crippen LogP contribution in [0.4, 0.5) is 5.69 Å². The minimum absolute atomic E-state index is 0. The summed E-state index contributed by atoms with van der Waals surface area (Å²) in [4.78, 5) is 0. The van der Waals surface area contributed by atoms with Gasteiger partial charge in [-0.05, 0) is 62.2 Å². The molecule has 0 atom stereocenters. The lowest BCUT2D eigenvalue weighted by molar-refractivity contribution is 0.490. The van der Waals surface area contributed by atoms with Crippen LogP contribution in [0.2, 0.25) is 5.02 Å². The van der Waals surface area contributed by atoms with Crippen LogP contribution in [0.3, 0.4) is 0 Å². The van der Waals surface area contributed by atoms with Gasteiger partial charge in [-0.15, -0.1) is 0 Å². The standard InChI is InChI=1S/C16H19ClN2O.CH4/c1-11-2-4-13(20-11)10-19-16-14-7-9-18-8-6-12(14)3-5-15(16)17;/h2-5,18-19H,6-10H2,1H3;1H4. The normalized spacial score (nSPS) is 14.0. The average Bonchev–Trinajstić information content (AvgIpc) is 2.71. The highest BCUT2D eigenvalue weighted by Crippen LogP contribution is 2.31. The fourth-order valence-electron chi connectivity index (χ4n) is 2.69. The van der Waals surface area contributed by atoms with E-state index in [1.807, 2.05) is 25.1 Å². The van der Waals surface area contributed by atoms with Gasteiger partial charge in [0.25, 0.3) is 0 Å². The van der Waals surface area contributed by atoms with Crippen LogP contribution in [0.25, 0.3) is 0 Å². The first-order valence-corrected chi connectivity index (χ1v) is 7.42. The number of halogens is 1.